The van der Waals surface area contributed by atoms with Crippen LogP contribution in [0.3, 0.4) is 0 Å². The Hall–Kier alpha value is -2.70. The van der Waals surface area contributed by atoms with Gasteiger partial charge in [0.05, 0.1) is 0 Å². The van der Waals surface area contributed by atoms with Crippen LogP contribution < -0.4 is 10.6 Å². The van der Waals surface area contributed by atoms with Gasteiger partial charge in [-0.2, -0.15) is 12.6 Å². The monoisotopic (exact) mass is 496 g/mol. The van der Waals surface area contributed by atoms with E-state index in [1.165, 1.54) is 35.7 Å². The van der Waals surface area contributed by atoms with Crippen molar-refractivity contribution in [2.75, 3.05) is 6.54 Å². The van der Waals surface area contributed by atoms with Gasteiger partial charge in [0.15, 0.2) is 0 Å². The van der Waals surface area contributed by atoms with Crippen LogP contribution in [0, 0.1) is 17.6 Å². The molecule has 0 fully saturated rings. The second kappa shape index (κ2) is 12.8. The van der Waals surface area contributed by atoms with Crippen LogP contribution in [-0.2, 0) is 24.2 Å². The largest absolute Gasteiger partial charge is 0.352 e. The lowest BCUT2D eigenvalue weighted by molar-refractivity contribution is -0.119. The van der Waals surface area contributed by atoms with Gasteiger partial charge in [-0.15, -0.1) is 0 Å². The molecule has 35 heavy (non-hydrogen) atoms. The number of hydrogen-bond donors (Lipinski definition) is 3. The van der Waals surface area contributed by atoms with E-state index in [9.17, 15) is 13.6 Å². The predicted octanol–water partition coefficient (Wildman–Crippen LogP) is 5.97. The minimum atomic E-state index is -0.634. The highest BCUT2D eigenvalue weighted by molar-refractivity contribution is 7.81. The van der Waals surface area contributed by atoms with Crippen LogP contribution in [0.2, 0.25) is 0 Å². The molecule has 0 bridgehead atoms. The first-order valence-electron chi connectivity index (χ1n) is 12.0. The van der Waals surface area contributed by atoms with Gasteiger partial charge in [-0.05, 0) is 58.7 Å². The van der Waals surface area contributed by atoms with E-state index in [2.05, 4.69) is 54.8 Å². The van der Waals surface area contributed by atoms with Crippen molar-refractivity contribution >= 4 is 18.5 Å². The van der Waals surface area contributed by atoms with Crippen LogP contribution in [0.4, 0.5) is 8.78 Å². The molecule has 0 aliphatic rings. The molecule has 2 atom stereocenters. The Morgan fingerprint density at radius 2 is 1.60 bits per heavy atom. The number of amides is 1. The van der Waals surface area contributed by atoms with E-state index in [0.29, 0.717) is 24.6 Å². The third-order valence-corrected chi connectivity index (χ3v) is 6.34. The maximum atomic E-state index is 13.7. The van der Waals surface area contributed by atoms with Gasteiger partial charge in [0.2, 0.25) is 5.91 Å². The Balaban J connectivity index is 1.73. The highest BCUT2D eigenvalue weighted by Gasteiger charge is 2.20. The fraction of sp³-hybridized carbons (Fsp3) is 0.345. The second-order valence-electron chi connectivity index (χ2n) is 9.44. The molecule has 0 aliphatic heterocycles. The van der Waals surface area contributed by atoms with Crippen molar-refractivity contribution in [3.63, 3.8) is 0 Å². The average molecular weight is 497 g/mol. The van der Waals surface area contributed by atoms with E-state index in [4.69, 9.17) is 12.6 Å². The highest BCUT2D eigenvalue weighted by Crippen LogP contribution is 2.26. The third kappa shape index (κ3) is 8.48. The number of nitrogens with one attached hydrogen (secondary N) is 2. The van der Waals surface area contributed by atoms with Gasteiger partial charge in [-0.3, -0.25) is 4.79 Å². The second-order valence-corrected chi connectivity index (χ2v) is 10.1. The van der Waals surface area contributed by atoms with Crippen molar-refractivity contribution in [2.45, 2.75) is 51.4 Å². The average Bonchev–Trinajstić information content (AvgIpc) is 2.78. The molecule has 0 aliphatic carbocycles. The molecule has 0 unspecified atom stereocenters. The molecular formula is C29H34F2N2OS. The maximum Gasteiger partial charge on any atom is 0.217 e. The highest BCUT2D eigenvalue weighted by atomic mass is 32.1. The standard InChI is InChI=1S/C29H34F2N2OS/c1-19(2)11-21-9-10-27(23-7-5-4-6-8-23)24(12-21)17-32-18-29(35)28(33-20(3)34)15-22-13-25(30)16-26(31)14-22/h4-10,12-14,16,19,28-29,32,35H,11,15,17-18H2,1-3H3,(H,33,34)/t28-,29+/m0/s1. The summed E-state index contributed by atoms with van der Waals surface area (Å²) in [6.07, 6.45) is 1.29. The van der Waals surface area contributed by atoms with E-state index in [-0.39, 0.29) is 23.6 Å². The zero-order valence-electron chi connectivity index (χ0n) is 20.5. The third-order valence-electron chi connectivity index (χ3n) is 5.80. The van der Waals surface area contributed by atoms with Gasteiger partial charge in [0, 0.05) is 37.4 Å². The van der Waals surface area contributed by atoms with Gasteiger partial charge in [0.1, 0.15) is 11.6 Å². The number of thiol groups is 1. The van der Waals surface area contributed by atoms with Crippen LogP contribution in [0.5, 0.6) is 0 Å². The van der Waals surface area contributed by atoms with Crippen molar-refractivity contribution in [1.82, 2.24) is 10.6 Å². The zero-order chi connectivity index (χ0) is 25.4. The quantitative estimate of drug-likeness (QED) is 0.287. The molecule has 0 saturated carbocycles. The Bertz CT molecular complexity index is 1100. The first-order chi connectivity index (χ1) is 16.7. The van der Waals surface area contributed by atoms with Crippen LogP contribution >= 0.6 is 12.6 Å². The van der Waals surface area contributed by atoms with Crippen molar-refractivity contribution in [3.8, 4) is 11.1 Å². The van der Waals surface area contributed by atoms with Crippen LogP contribution in [0.25, 0.3) is 11.1 Å². The summed E-state index contributed by atoms with van der Waals surface area (Å²) in [7, 11) is 0. The SMILES string of the molecule is CC(=O)N[C@@H](Cc1cc(F)cc(F)c1)[C@H](S)CNCc1cc(CC(C)C)ccc1-c1ccccc1. The van der Waals surface area contributed by atoms with Gasteiger partial charge < -0.3 is 10.6 Å². The molecule has 0 saturated heterocycles. The number of carbonyl (C=O) groups is 1. The summed E-state index contributed by atoms with van der Waals surface area (Å²) in [5, 5.41) is 6.10. The first-order valence-corrected chi connectivity index (χ1v) is 12.5. The van der Waals surface area contributed by atoms with Crippen LogP contribution in [-0.4, -0.2) is 23.7 Å². The van der Waals surface area contributed by atoms with E-state index >= 15 is 0 Å². The number of halogens is 2. The topological polar surface area (TPSA) is 41.1 Å². The first kappa shape index (κ1) is 26.9. The van der Waals surface area contributed by atoms with Crippen molar-refractivity contribution in [3.05, 3.63) is 95.1 Å². The van der Waals surface area contributed by atoms with Gasteiger partial charge in [-0.1, -0.05) is 62.4 Å². The lowest BCUT2D eigenvalue weighted by Crippen LogP contribution is -2.45. The number of carbonyl (C=O) groups excluding carboxylic acids is 1. The fourth-order valence-electron chi connectivity index (χ4n) is 4.32. The molecule has 3 rings (SSSR count). The number of rotatable bonds is 11. The predicted molar refractivity (Wildman–Crippen MR) is 143 cm³/mol. The van der Waals surface area contributed by atoms with Gasteiger partial charge in [-0.25, -0.2) is 8.78 Å². The molecule has 6 heteroatoms. The molecule has 2 N–H and O–H groups in total. The van der Waals surface area contributed by atoms with Crippen LogP contribution in [0.1, 0.15) is 37.5 Å². The Morgan fingerprint density at radius 3 is 2.23 bits per heavy atom. The Morgan fingerprint density at radius 1 is 0.914 bits per heavy atom. The van der Waals surface area contributed by atoms with E-state index in [1.807, 2.05) is 18.2 Å². The van der Waals surface area contributed by atoms with Crippen LogP contribution in [0.15, 0.2) is 66.7 Å². The number of benzene rings is 3. The summed E-state index contributed by atoms with van der Waals surface area (Å²) in [6.45, 7) is 6.99. The van der Waals surface area contributed by atoms with Gasteiger partial charge >= 0.3 is 0 Å². The molecule has 0 radical (unpaired) electrons. The normalized spacial score (nSPS) is 13.0. The minimum Gasteiger partial charge on any atom is -0.352 e. The van der Waals surface area contributed by atoms with E-state index in [0.717, 1.165) is 18.1 Å². The zero-order valence-corrected chi connectivity index (χ0v) is 21.4. The Labute approximate surface area is 212 Å². The Kier molecular flexibility index (Phi) is 9.87. The van der Waals surface area contributed by atoms with Crippen molar-refractivity contribution in [1.29, 1.82) is 0 Å². The maximum absolute atomic E-state index is 13.7. The molecule has 186 valence electrons. The molecule has 3 aromatic carbocycles. The summed E-state index contributed by atoms with van der Waals surface area (Å²) in [5.41, 5.74) is 5.30. The summed E-state index contributed by atoms with van der Waals surface area (Å²) >= 11 is 4.72. The molecule has 0 spiro atoms. The lowest BCUT2D eigenvalue weighted by Gasteiger charge is -2.25. The lowest BCUT2D eigenvalue weighted by atomic mass is 9.94. The summed E-state index contributed by atoms with van der Waals surface area (Å²) < 4.78 is 27.3. The number of hydrogen-bond acceptors (Lipinski definition) is 3. The van der Waals surface area contributed by atoms with Crippen molar-refractivity contribution in [2.24, 2.45) is 5.92 Å². The summed E-state index contributed by atoms with van der Waals surface area (Å²) in [6, 6.07) is 19.9. The van der Waals surface area contributed by atoms with Crippen molar-refractivity contribution < 1.29 is 13.6 Å². The molecule has 1 amide bonds. The smallest absolute Gasteiger partial charge is 0.217 e. The van der Waals surface area contributed by atoms with E-state index in [1.54, 1.807) is 0 Å². The van der Waals surface area contributed by atoms with E-state index < -0.39 is 11.6 Å². The molecule has 3 nitrogen and oxygen atoms in total. The summed E-state index contributed by atoms with van der Waals surface area (Å²) in [5.74, 6) is -0.916. The molecular weight excluding hydrogens is 462 g/mol. The van der Waals surface area contributed by atoms with Gasteiger partial charge in [0.25, 0.3) is 0 Å². The molecule has 3 aromatic rings. The minimum absolute atomic E-state index is 0.210. The molecule has 0 aromatic heterocycles. The summed E-state index contributed by atoms with van der Waals surface area (Å²) in [4.78, 5) is 11.8. The molecule has 0 heterocycles. The fourth-order valence-corrected chi connectivity index (χ4v) is 4.62.